The summed E-state index contributed by atoms with van der Waals surface area (Å²) in [6.45, 7) is 5.18. The van der Waals surface area contributed by atoms with Crippen molar-refractivity contribution in [2.75, 3.05) is 0 Å². The molecule has 0 spiro atoms. The molecule has 2 amide bonds. The number of nitrogens with zero attached hydrogens (tertiary/aromatic N) is 1. The van der Waals surface area contributed by atoms with Crippen LogP contribution in [0.25, 0.3) is 0 Å². The molecule has 14 heavy (non-hydrogen) atoms. The maximum Gasteiger partial charge on any atom is 0.224 e. The first kappa shape index (κ1) is 13.1. The van der Waals surface area contributed by atoms with Gasteiger partial charge in [-0.05, 0) is 12.3 Å². The van der Waals surface area contributed by atoms with E-state index in [4.69, 9.17) is 0 Å². The molecule has 5 nitrogen and oxygen atoms in total. The van der Waals surface area contributed by atoms with Crippen molar-refractivity contribution in [1.82, 2.24) is 4.72 Å². The van der Waals surface area contributed by atoms with Crippen molar-refractivity contribution < 1.29 is 13.8 Å². The van der Waals surface area contributed by atoms with E-state index in [2.05, 4.69) is 4.36 Å². The first-order chi connectivity index (χ1) is 6.41. The molecule has 0 fully saturated rings. The van der Waals surface area contributed by atoms with Gasteiger partial charge in [0.1, 0.15) is 0 Å². The Bertz CT molecular complexity index is 293. The number of rotatable bonds is 4. The summed E-state index contributed by atoms with van der Waals surface area (Å²) in [6.07, 6.45) is 0.975. The minimum atomic E-state index is -1.92. The molecule has 0 aromatic rings. The highest BCUT2D eigenvalue weighted by Crippen LogP contribution is 2.04. The van der Waals surface area contributed by atoms with Crippen LogP contribution in [0.3, 0.4) is 0 Å². The highest BCUT2D eigenvalue weighted by Gasteiger charge is 1.98. The van der Waals surface area contributed by atoms with Crippen molar-refractivity contribution in [3.63, 3.8) is 0 Å². The summed E-state index contributed by atoms with van der Waals surface area (Å²) < 4.78 is 16.2. The number of amides is 2. The summed E-state index contributed by atoms with van der Waals surface area (Å²) >= 11 is 0. The van der Waals surface area contributed by atoms with Crippen LogP contribution in [0, 0.1) is 5.92 Å². The predicted octanol–water partition coefficient (Wildman–Crippen LogP) is 1.15. The molecule has 82 valence electrons. The third kappa shape index (κ3) is 7.72. The molecule has 0 bridgehead atoms. The normalized spacial score (nSPS) is 12.9. The van der Waals surface area contributed by atoms with Gasteiger partial charge in [-0.15, -0.1) is 0 Å². The van der Waals surface area contributed by atoms with Gasteiger partial charge in [-0.1, -0.05) is 24.6 Å². The summed E-state index contributed by atoms with van der Waals surface area (Å²) in [5.74, 6) is -0.502. The van der Waals surface area contributed by atoms with Crippen LogP contribution in [0.4, 0.5) is 0 Å². The quantitative estimate of drug-likeness (QED) is 0.720. The third-order valence-corrected chi connectivity index (χ3v) is 2.18. The summed E-state index contributed by atoms with van der Waals surface area (Å²) in [5.41, 5.74) is 0. The van der Waals surface area contributed by atoms with Crippen LogP contribution >= 0.6 is 0 Å². The minimum Gasteiger partial charge on any atom is -0.424 e. The van der Waals surface area contributed by atoms with E-state index in [1.54, 1.807) is 0 Å². The molecule has 0 atom stereocenters. The summed E-state index contributed by atoms with van der Waals surface area (Å²) in [7, 11) is -1.92. The van der Waals surface area contributed by atoms with Gasteiger partial charge in [-0.3, -0.25) is 9.59 Å². The van der Waals surface area contributed by atoms with Gasteiger partial charge in [0, 0.05) is 13.3 Å². The summed E-state index contributed by atoms with van der Waals surface area (Å²) in [6, 6.07) is 0. The van der Waals surface area contributed by atoms with E-state index in [9.17, 15) is 13.8 Å². The number of hydrogen-bond donors (Lipinski definition) is 1. The molecule has 1 N–H and O–H groups in total. The van der Waals surface area contributed by atoms with Gasteiger partial charge >= 0.3 is 0 Å². The molecule has 0 aliphatic heterocycles. The number of hydrogen-bond acceptors (Lipinski definition) is 4. The maximum atomic E-state index is 11.0. The van der Waals surface area contributed by atoms with Gasteiger partial charge < -0.3 is 13.3 Å². The van der Waals surface area contributed by atoms with Crippen molar-refractivity contribution in [2.24, 2.45) is 10.3 Å². The minimum absolute atomic E-state index is 0.267. The average Bonchev–Trinajstić information content (AvgIpc) is 1.98. The Morgan fingerprint density at radius 2 is 2.00 bits per heavy atom. The zero-order valence-corrected chi connectivity index (χ0v) is 9.39. The molecule has 0 radical (unpaired) electrons. The van der Waals surface area contributed by atoms with Crippen LogP contribution < -0.4 is 4.72 Å². The Morgan fingerprint density at radius 1 is 1.43 bits per heavy atom. The molecule has 0 aromatic carbocycles. The second-order valence-corrected chi connectivity index (χ2v) is 4.21. The molecule has 0 unspecified atom stereocenters. The van der Waals surface area contributed by atoms with E-state index in [0.29, 0.717) is 12.3 Å². The Kier molecular flexibility index (Phi) is 6.11. The van der Waals surface area contributed by atoms with Crippen molar-refractivity contribution in [2.45, 2.75) is 33.6 Å². The third-order valence-electron chi connectivity index (χ3n) is 1.35. The van der Waals surface area contributed by atoms with E-state index < -0.39 is 22.6 Å². The number of carbonyl (C=O) groups is 2. The molecule has 0 saturated heterocycles. The van der Waals surface area contributed by atoms with E-state index in [-0.39, 0.29) is 6.42 Å². The van der Waals surface area contributed by atoms with Crippen LogP contribution in [0.1, 0.15) is 33.6 Å². The molecule has 6 heteroatoms. The van der Waals surface area contributed by atoms with E-state index >= 15 is 0 Å². The van der Waals surface area contributed by atoms with Crippen LogP contribution in [-0.2, 0) is 24.6 Å². The predicted molar refractivity (Wildman–Crippen MR) is 53.4 cm³/mol. The SMILES string of the molecule is CC(=O)N[S-](=O)=NC(=O)CCC(C)C. The highest BCUT2D eigenvalue weighted by molar-refractivity contribution is 7.73. The van der Waals surface area contributed by atoms with Gasteiger partial charge in [-0.25, -0.2) is 0 Å². The zero-order valence-electron chi connectivity index (χ0n) is 8.57. The largest absolute Gasteiger partial charge is 0.424 e. The second kappa shape index (κ2) is 6.53. The van der Waals surface area contributed by atoms with Gasteiger partial charge in [0.05, 0.1) is 0 Å². The first-order valence-electron chi connectivity index (χ1n) is 4.35. The van der Waals surface area contributed by atoms with Crippen molar-refractivity contribution in [3.8, 4) is 0 Å². The molecule has 0 aliphatic rings. The molecule has 0 rings (SSSR count). The highest BCUT2D eigenvalue weighted by atomic mass is 32.2. The fourth-order valence-corrected chi connectivity index (χ4v) is 1.26. The molecular formula is C8H15N2O3S-. The lowest BCUT2D eigenvalue weighted by Crippen LogP contribution is -2.17. The average molecular weight is 219 g/mol. The smallest absolute Gasteiger partial charge is 0.224 e. The Labute approximate surface area is 85.6 Å². The first-order valence-corrected chi connectivity index (χ1v) is 5.46. The Balaban J connectivity index is 4.03. The van der Waals surface area contributed by atoms with Crippen LogP contribution in [0.2, 0.25) is 0 Å². The van der Waals surface area contributed by atoms with Crippen LogP contribution in [-0.4, -0.2) is 11.8 Å². The van der Waals surface area contributed by atoms with E-state index in [0.717, 1.165) is 0 Å². The van der Waals surface area contributed by atoms with Gasteiger partial charge in [0.15, 0.2) is 0 Å². The standard InChI is InChI=1S/C8H15N2O3S/c1-6(2)4-5-8(12)10-14(13)9-7(3)11/h6H,4-5H2,1-3H3,(H,9,10,11,12,13)/q-1. The molecule has 0 saturated carbocycles. The summed E-state index contributed by atoms with van der Waals surface area (Å²) in [5, 5.41) is 0. The monoisotopic (exact) mass is 219 g/mol. The van der Waals surface area contributed by atoms with Crippen LogP contribution in [0.15, 0.2) is 4.36 Å². The number of carbonyl (C=O) groups excluding carboxylic acids is 2. The van der Waals surface area contributed by atoms with E-state index in [1.807, 2.05) is 18.6 Å². The second-order valence-electron chi connectivity index (χ2n) is 3.32. The fraction of sp³-hybridized carbons (Fsp3) is 0.750. The Morgan fingerprint density at radius 3 is 2.43 bits per heavy atom. The van der Waals surface area contributed by atoms with Gasteiger partial charge in [-0.2, -0.15) is 0 Å². The molecule has 0 heterocycles. The van der Waals surface area contributed by atoms with Gasteiger partial charge in [0.2, 0.25) is 11.8 Å². The van der Waals surface area contributed by atoms with Crippen molar-refractivity contribution in [1.29, 1.82) is 0 Å². The maximum absolute atomic E-state index is 11.0. The lowest BCUT2D eigenvalue weighted by molar-refractivity contribution is -0.118. The Hall–Kier alpha value is -0.910. The lowest BCUT2D eigenvalue weighted by Gasteiger charge is -2.05. The molecular weight excluding hydrogens is 204 g/mol. The number of nitrogens with one attached hydrogen (secondary N) is 1. The zero-order chi connectivity index (χ0) is 11.1. The fourth-order valence-electron chi connectivity index (χ4n) is 0.696. The topological polar surface area (TPSA) is 75.6 Å². The van der Waals surface area contributed by atoms with Crippen molar-refractivity contribution in [3.05, 3.63) is 0 Å². The van der Waals surface area contributed by atoms with Crippen molar-refractivity contribution >= 4 is 22.6 Å². The molecule has 0 aromatic heterocycles. The van der Waals surface area contributed by atoms with E-state index in [1.165, 1.54) is 6.92 Å². The van der Waals surface area contributed by atoms with Gasteiger partial charge in [0.25, 0.3) is 0 Å². The molecule has 0 aliphatic carbocycles. The van der Waals surface area contributed by atoms with Crippen LogP contribution in [0.5, 0.6) is 0 Å². The lowest BCUT2D eigenvalue weighted by atomic mass is 10.1. The summed E-state index contributed by atoms with van der Waals surface area (Å²) in [4.78, 5) is 21.5.